The van der Waals surface area contributed by atoms with Gasteiger partial charge in [0, 0.05) is 64.0 Å². The van der Waals surface area contributed by atoms with Crippen molar-refractivity contribution >= 4 is 29.3 Å². The molecule has 0 bridgehead atoms. The molecule has 2 saturated heterocycles. The number of hydrogen-bond acceptors (Lipinski definition) is 10. The Morgan fingerprint density at radius 1 is 0.951 bits per heavy atom. The summed E-state index contributed by atoms with van der Waals surface area (Å²) in [5.74, 6) is 2.68. The van der Waals surface area contributed by atoms with Gasteiger partial charge in [0.05, 0.1) is 13.2 Å². The fourth-order valence-electron chi connectivity index (χ4n) is 6.32. The monoisotopic (exact) mass is 560 g/mol. The molecule has 1 amide bonds. The number of nitrogens with two attached hydrogens (primary N) is 1. The molecule has 4 heterocycles. The van der Waals surface area contributed by atoms with Crippen LogP contribution in [-0.4, -0.2) is 99.0 Å². The number of rotatable bonds is 6. The lowest BCUT2D eigenvalue weighted by molar-refractivity contribution is -0.128. The third kappa shape index (κ3) is 6.43. The lowest BCUT2D eigenvalue weighted by Gasteiger charge is -2.38. The maximum absolute atomic E-state index is 11.8. The Bertz CT molecular complexity index is 1320. The number of nitrogens with zero attached hydrogens (tertiary/aromatic N) is 8. The Hall–Kier alpha value is -3.77. The SMILES string of the molecule is CC(=O)N1CCCN(c2cc(-n3nc(Nc4ccc(C5CCC(N6CCOCC6)CC5)cc4)nc3N)ncn2)CC1. The Morgan fingerprint density at radius 2 is 1.71 bits per heavy atom. The van der Waals surface area contributed by atoms with Crippen LogP contribution in [-0.2, 0) is 9.53 Å². The molecule has 0 unspecified atom stereocenters. The lowest BCUT2D eigenvalue weighted by atomic mass is 9.81. The first-order chi connectivity index (χ1) is 20.0. The number of amides is 1. The van der Waals surface area contributed by atoms with Crippen molar-refractivity contribution in [2.24, 2.45) is 0 Å². The highest BCUT2D eigenvalue weighted by atomic mass is 16.5. The standard InChI is InChI=1S/C29H40N10O2/c1-21(40)36-11-2-12-38(14-13-36)26-19-27(32-20-31-26)39-28(30)34-29(35-39)33-24-7-3-22(4-8-24)23-5-9-25(10-6-23)37-15-17-41-18-16-37/h3-4,7-8,19-20,23,25H,2,5-6,9-18H2,1H3,(H3,30,33,34,35). The average molecular weight is 561 g/mol. The van der Waals surface area contributed by atoms with E-state index in [9.17, 15) is 4.79 Å². The number of benzene rings is 1. The topological polar surface area (TPSA) is 131 Å². The van der Waals surface area contributed by atoms with Crippen molar-refractivity contribution in [1.29, 1.82) is 0 Å². The number of hydrogen-bond donors (Lipinski definition) is 2. The summed E-state index contributed by atoms with van der Waals surface area (Å²) in [4.78, 5) is 31.7. The Labute approximate surface area is 240 Å². The molecule has 1 saturated carbocycles. The maximum Gasteiger partial charge on any atom is 0.248 e. The van der Waals surface area contributed by atoms with E-state index in [1.807, 2.05) is 11.0 Å². The van der Waals surface area contributed by atoms with Crippen LogP contribution in [0.25, 0.3) is 5.82 Å². The third-order valence-corrected chi connectivity index (χ3v) is 8.65. The van der Waals surface area contributed by atoms with E-state index in [4.69, 9.17) is 10.5 Å². The quantitative estimate of drug-likeness (QED) is 0.464. The first-order valence-electron chi connectivity index (χ1n) is 14.8. The van der Waals surface area contributed by atoms with Gasteiger partial charge in [-0.15, -0.1) is 5.10 Å². The molecule has 0 atom stereocenters. The van der Waals surface area contributed by atoms with Gasteiger partial charge >= 0.3 is 0 Å². The summed E-state index contributed by atoms with van der Waals surface area (Å²) < 4.78 is 7.05. The fraction of sp³-hybridized carbons (Fsp3) is 0.552. The van der Waals surface area contributed by atoms with Crippen molar-refractivity contribution in [1.82, 2.24) is 34.5 Å². The zero-order chi connectivity index (χ0) is 28.2. The van der Waals surface area contributed by atoms with E-state index in [-0.39, 0.29) is 11.9 Å². The summed E-state index contributed by atoms with van der Waals surface area (Å²) >= 11 is 0. The average Bonchev–Trinajstić information content (AvgIpc) is 3.20. The van der Waals surface area contributed by atoms with E-state index < -0.39 is 0 Å². The number of morpholine rings is 1. The highest BCUT2D eigenvalue weighted by molar-refractivity contribution is 5.73. The van der Waals surface area contributed by atoms with Gasteiger partial charge in [-0.2, -0.15) is 9.67 Å². The van der Waals surface area contributed by atoms with Gasteiger partial charge in [0.25, 0.3) is 0 Å². The van der Waals surface area contributed by atoms with Crippen LogP contribution in [0.1, 0.15) is 50.5 Å². The molecule has 1 aromatic carbocycles. The summed E-state index contributed by atoms with van der Waals surface area (Å²) in [6.45, 7) is 8.44. The van der Waals surface area contributed by atoms with Crippen LogP contribution in [0.15, 0.2) is 36.7 Å². The zero-order valence-corrected chi connectivity index (χ0v) is 23.8. The van der Waals surface area contributed by atoms with Crippen molar-refractivity contribution in [2.75, 3.05) is 68.4 Å². The molecule has 3 fully saturated rings. The number of aromatic nitrogens is 5. The molecule has 218 valence electrons. The van der Waals surface area contributed by atoms with Crippen LogP contribution in [0, 0.1) is 0 Å². The van der Waals surface area contributed by atoms with Crippen molar-refractivity contribution in [3.63, 3.8) is 0 Å². The molecule has 2 aliphatic heterocycles. The van der Waals surface area contributed by atoms with Crippen molar-refractivity contribution in [3.8, 4) is 5.82 Å². The molecular weight excluding hydrogens is 520 g/mol. The van der Waals surface area contributed by atoms with Crippen molar-refractivity contribution in [2.45, 2.75) is 51.0 Å². The lowest BCUT2D eigenvalue weighted by Crippen LogP contribution is -2.44. The zero-order valence-electron chi connectivity index (χ0n) is 23.8. The van der Waals surface area contributed by atoms with Gasteiger partial charge < -0.3 is 25.6 Å². The van der Waals surface area contributed by atoms with Gasteiger partial charge in [0.1, 0.15) is 12.1 Å². The second kappa shape index (κ2) is 12.4. The minimum absolute atomic E-state index is 0.104. The maximum atomic E-state index is 11.8. The van der Waals surface area contributed by atoms with Crippen LogP contribution in [0.3, 0.4) is 0 Å². The minimum Gasteiger partial charge on any atom is -0.379 e. The van der Waals surface area contributed by atoms with Crippen LogP contribution in [0.2, 0.25) is 0 Å². The first kappa shape index (κ1) is 27.4. The van der Waals surface area contributed by atoms with Crippen LogP contribution < -0.4 is 16.0 Å². The van der Waals surface area contributed by atoms with Crippen LogP contribution in [0.5, 0.6) is 0 Å². The van der Waals surface area contributed by atoms with Gasteiger partial charge in [0.2, 0.25) is 17.8 Å². The molecule has 41 heavy (non-hydrogen) atoms. The van der Waals surface area contributed by atoms with E-state index in [1.54, 1.807) is 6.92 Å². The van der Waals surface area contributed by atoms with Gasteiger partial charge in [-0.1, -0.05) is 12.1 Å². The van der Waals surface area contributed by atoms with Gasteiger partial charge in [-0.25, -0.2) is 9.97 Å². The fourth-order valence-corrected chi connectivity index (χ4v) is 6.32. The molecule has 6 rings (SSSR count). The molecule has 1 aliphatic carbocycles. The number of carbonyl (C=O) groups is 1. The molecule has 2 aromatic heterocycles. The minimum atomic E-state index is 0.104. The molecule has 0 spiro atoms. The normalized spacial score (nSPS) is 22.4. The first-order valence-corrected chi connectivity index (χ1v) is 14.8. The summed E-state index contributed by atoms with van der Waals surface area (Å²) in [7, 11) is 0. The molecule has 12 nitrogen and oxygen atoms in total. The second-order valence-corrected chi connectivity index (χ2v) is 11.2. The Morgan fingerprint density at radius 3 is 2.46 bits per heavy atom. The summed E-state index contributed by atoms with van der Waals surface area (Å²) in [5.41, 5.74) is 8.54. The highest BCUT2D eigenvalue weighted by Gasteiger charge is 2.27. The molecule has 3 aliphatic rings. The van der Waals surface area contributed by atoms with E-state index in [2.05, 4.69) is 59.4 Å². The second-order valence-electron chi connectivity index (χ2n) is 11.2. The highest BCUT2D eigenvalue weighted by Crippen LogP contribution is 2.35. The molecule has 12 heteroatoms. The summed E-state index contributed by atoms with van der Waals surface area (Å²) in [5, 5.41) is 7.86. The smallest absolute Gasteiger partial charge is 0.248 e. The van der Waals surface area contributed by atoms with Gasteiger partial charge in [0.15, 0.2) is 5.82 Å². The predicted octanol–water partition coefficient (Wildman–Crippen LogP) is 2.80. The molecule has 0 radical (unpaired) electrons. The summed E-state index contributed by atoms with van der Waals surface area (Å²) in [6.07, 6.45) is 7.36. The summed E-state index contributed by atoms with van der Waals surface area (Å²) in [6, 6.07) is 11.2. The van der Waals surface area contributed by atoms with Crippen LogP contribution in [0.4, 0.5) is 23.4 Å². The number of anilines is 4. The number of nitrogen functional groups attached to an aromatic ring is 1. The third-order valence-electron chi connectivity index (χ3n) is 8.65. The van der Waals surface area contributed by atoms with E-state index >= 15 is 0 Å². The van der Waals surface area contributed by atoms with E-state index in [1.165, 1.54) is 42.3 Å². The van der Waals surface area contributed by atoms with Gasteiger partial charge in [-0.05, 0) is 55.7 Å². The van der Waals surface area contributed by atoms with E-state index in [0.717, 1.165) is 57.3 Å². The molecule has 3 N–H and O–H groups in total. The van der Waals surface area contributed by atoms with Crippen molar-refractivity contribution < 1.29 is 9.53 Å². The number of ether oxygens (including phenoxy) is 1. The predicted molar refractivity (Wildman–Crippen MR) is 158 cm³/mol. The van der Waals surface area contributed by atoms with Gasteiger partial charge in [-0.3, -0.25) is 9.69 Å². The number of carbonyl (C=O) groups excluding carboxylic acids is 1. The molecule has 3 aromatic rings. The Kier molecular flexibility index (Phi) is 8.28. The van der Waals surface area contributed by atoms with Crippen molar-refractivity contribution in [3.05, 3.63) is 42.2 Å². The van der Waals surface area contributed by atoms with E-state index in [0.29, 0.717) is 36.8 Å². The van der Waals surface area contributed by atoms with Crippen LogP contribution >= 0.6 is 0 Å². The molecular formula is C29H40N10O2. The largest absolute Gasteiger partial charge is 0.379 e. The Balaban J connectivity index is 1.07. The number of nitrogens with one attached hydrogen (secondary N) is 1.